The summed E-state index contributed by atoms with van der Waals surface area (Å²) in [6, 6.07) is 6.09. The van der Waals surface area contributed by atoms with Crippen LogP contribution in [0.5, 0.6) is 0 Å². The van der Waals surface area contributed by atoms with Crippen LogP contribution in [0, 0.1) is 0 Å². The van der Waals surface area contributed by atoms with Crippen LogP contribution < -0.4 is 5.73 Å². The summed E-state index contributed by atoms with van der Waals surface area (Å²) in [7, 11) is 0. The van der Waals surface area contributed by atoms with E-state index in [1.54, 1.807) is 0 Å². The molecule has 1 aromatic carbocycles. The van der Waals surface area contributed by atoms with Crippen molar-refractivity contribution in [2.45, 2.75) is 57.9 Å². The molecule has 102 valence electrons. The Hall–Kier alpha value is -0.0500. The lowest BCUT2D eigenvalue weighted by molar-refractivity contribution is 0.547. The van der Waals surface area contributed by atoms with Crippen LogP contribution >= 0.6 is 27.5 Å². The van der Waals surface area contributed by atoms with E-state index in [0.717, 1.165) is 15.9 Å². The Kier molecular flexibility index (Phi) is 7.96. The zero-order chi connectivity index (χ0) is 13.4. The largest absolute Gasteiger partial charge is 0.324 e. The predicted octanol–water partition coefficient (Wildman–Crippen LogP) is 5.85. The summed E-state index contributed by atoms with van der Waals surface area (Å²) < 4.78 is 0.931. The van der Waals surface area contributed by atoms with Gasteiger partial charge in [0.05, 0.1) is 5.02 Å². The minimum absolute atomic E-state index is 0.129. The molecule has 0 aliphatic rings. The van der Waals surface area contributed by atoms with Gasteiger partial charge in [0.25, 0.3) is 0 Å². The number of hydrogen-bond donors (Lipinski definition) is 1. The van der Waals surface area contributed by atoms with E-state index in [-0.39, 0.29) is 6.04 Å². The lowest BCUT2D eigenvalue weighted by atomic mass is 10.0. The number of rotatable bonds is 8. The number of nitrogens with two attached hydrogens (primary N) is 1. The molecular formula is C15H23BrClN. The van der Waals surface area contributed by atoms with Crippen molar-refractivity contribution in [2.75, 3.05) is 0 Å². The summed E-state index contributed by atoms with van der Waals surface area (Å²) in [5.41, 5.74) is 7.36. The smallest absolute Gasteiger partial charge is 0.0548 e. The molecule has 2 N–H and O–H groups in total. The fourth-order valence-electron chi connectivity index (χ4n) is 2.05. The first kappa shape index (κ1) is 16.0. The first-order valence-electron chi connectivity index (χ1n) is 6.85. The molecule has 1 aromatic rings. The van der Waals surface area contributed by atoms with Gasteiger partial charge in [-0.3, -0.25) is 0 Å². The highest BCUT2D eigenvalue weighted by atomic mass is 79.9. The molecule has 3 heteroatoms. The number of halogens is 2. The maximum absolute atomic E-state index is 6.19. The van der Waals surface area contributed by atoms with Gasteiger partial charge in [0, 0.05) is 10.5 Å². The quantitative estimate of drug-likeness (QED) is 0.593. The highest BCUT2D eigenvalue weighted by Gasteiger charge is 2.07. The first-order valence-corrected chi connectivity index (χ1v) is 8.02. The van der Waals surface area contributed by atoms with Gasteiger partial charge in [0.1, 0.15) is 0 Å². The first-order chi connectivity index (χ1) is 8.65. The van der Waals surface area contributed by atoms with Gasteiger partial charge in [-0.25, -0.2) is 0 Å². The van der Waals surface area contributed by atoms with Gasteiger partial charge in [-0.2, -0.15) is 0 Å². The van der Waals surface area contributed by atoms with Crippen molar-refractivity contribution in [1.29, 1.82) is 0 Å². The van der Waals surface area contributed by atoms with E-state index in [2.05, 4.69) is 22.9 Å². The fourth-order valence-corrected chi connectivity index (χ4v) is 2.57. The van der Waals surface area contributed by atoms with Crippen molar-refractivity contribution in [1.82, 2.24) is 0 Å². The van der Waals surface area contributed by atoms with Gasteiger partial charge in [-0.05, 0) is 40.0 Å². The maximum atomic E-state index is 6.19. The molecule has 0 radical (unpaired) electrons. The van der Waals surface area contributed by atoms with Crippen molar-refractivity contribution in [2.24, 2.45) is 5.73 Å². The molecule has 0 fully saturated rings. The highest BCUT2D eigenvalue weighted by Crippen LogP contribution is 2.27. The van der Waals surface area contributed by atoms with Gasteiger partial charge in [-0.15, -0.1) is 0 Å². The molecule has 1 atom stereocenters. The third-order valence-corrected chi connectivity index (χ3v) is 4.45. The maximum Gasteiger partial charge on any atom is 0.0548 e. The van der Waals surface area contributed by atoms with E-state index in [1.807, 2.05) is 18.2 Å². The van der Waals surface area contributed by atoms with Crippen LogP contribution in [0.15, 0.2) is 22.7 Å². The second-order valence-electron chi connectivity index (χ2n) is 4.84. The van der Waals surface area contributed by atoms with Crippen molar-refractivity contribution >= 4 is 27.5 Å². The molecule has 0 saturated heterocycles. The molecule has 0 saturated carbocycles. The molecular weight excluding hydrogens is 310 g/mol. The molecule has 1 unspecified atom stereocenters. The zero-order valence-corrected chi connectivity index (χ0v) is 13.4. The Morgan fingerprint density at radius 3 is 2.50 bits per heavy atom. The van der Waals surface area contributed by atoms with E-state index in [1.165, 1.54) is 44.1 Å². The van der Waals surface area contributed by atoms with Gasteiger partial charge in [0.15, 0.2) is 0 Å². The third kappa shape index (κ3) is 5.73. The van der Waals surface area contributed by atoms with Crippen LogP contribution in [0.3, 0.4) is 0 Å². The fraction of sp³-hybridized carbons (Fsp3) is 0.600. The Balaban J connectivity index is 2.27. The van der Waals surface area contributed by atoms with Crippen molar-refractivity contribution in [3.63, 3.8) is 0 Å². The average Bonchev–Trinajstić information content (AvgIpc) is 2.36. The second kappa shape index (κ2) is 8.95. The summed E-state index contributed by atoms with van der Waals surface area (Å²) in [5, 5.41) is 0.741. The van der Waals surface area contributed by atoms with Crippen LogP contribution in [-0.4, -0.2) is 0 Å². The standard InChI is InChI=1S/C15H23BrClN/c1-2-3-4-5-6-7-8-15(18)12-9-10-14(17)13(16)11-12/h9-11,15H,2-8,18H2,1H3. The lowest BCUT2D eigenvalue weighted by Crippen LogP contribution is -2.10. The number of hydrogen-bond acceptors (Lipinski definition) is 1. The van der Waals surface area contributed by atoms with E-state index in [9.17, 15) is 0 Å². The minimum Gasteiger partial charge on any atom is -0.324 e. The summed E-state index contributed by atoms with van der Waals surface area (Å²) in [5.74, 6) is 0. The lowest BCUT2D eigenvalue weighted by Gasteiger charge is -2.12. The second-order valence-corrected chi connectivity index (χ2v) is 6.10. The highest BCUT2D eigenvalue weighted by molar-refractivity contribution is 9.10. The zero-order valence-electron chi connectivity index (χ0n) is 11.1. The molecule has 0 aromatic heterocycles. The van der Waals surface area contributed by atoms with Crippen LogP contribution in [0.2, 0.25) is 5.02 Å². The number of benzene rings is 1. The number of unbranched alkanes of at least 4 members (excludes halogenated alkanes) is 5. The van der Waals surface area contributed by atoms with Gasteiger partial charge < -0.3 is 5.73 Å². The molecule has 0 amide bonds. The average molecular weight is 333 g/mol. The summed E-state index contributed by atoms with van der Waals surface area (Å²) in [6.45, 7) is 2.24. The summed E-state index contributed by atoms with van der Waals surface area (Å²) >= 11 is 9.41. The van der Waals surface area contributed by atoms with E-state index < -0.39 is 0 Å². The SMILES string of the molecule is CCCCCCCCC(N)c1ccc(Cl)c(Br)c1. The van der Waals surface area contributed by atoms with Gasteiger partial charge in [0.2, 0.25) is 0 Å². The van der Waals surface area contributed by atoms with E-state index >= 15 is 0 Å². The van der Waals surface area contributed by atoms with Gasteiger partial charge in [-0.1, -0.05) is 63.1 Å². The monoisotopic (exact) mass is 331 g/mol. The molecule has 18 heavy (non-hydrogen) atoms. The Labute approximate surface area is 124 Å². The normalized spacial score (nSPS) is 12.7. The van der Waals surface area contributed by atoms with E-state index in [4.69, 9.17) is 17.3 Å². The molecule has 0 aliphatic carbocycles. The Morgan fingerprint density at radius 1 is 1.17 bits per heavy atom. The molecule has 0 heterocycles. The predicted molar refractivity (Wildman–Crippen MR) is 84.1 cm³/mol. The molecule has 0 spiro atoms. The van der Waals surface area contributed by atoms with E-state index in [0.29, 0.717) is 0 Å². The molecule has 0 aliphatic heterocycles. The summed E-state index contributed by atoms with van der Waals surface area (Å²) in [6.07, 6.45) is 8.92. The molecule has 0 bridgehead atoms. The van der Waals surface area contributed by atoms with Crippen LogP contribution in [0.1, 0.15) is 63.5 Å². The minimum atomic E-state index is 0.129. The van der Waals surface area contributed by atoms with Crippen LogP contribution in [0.4, 0.5) is 0 Å². The van der Waals surface area contributed by atoms with Gasteiger partial charge >= 0.3 is 0 Å². The van der Waals surface area contributed by atoms with Crippen LogP contribution in [0.25, 0.3) is 0 Å². The molecule has 1 nitrogen and oxygen atoms in total. The summed E-state index contributed by atoms with van der Waals surface area (Å²) in [4.78, 5) is 0. The topological polar surface area (TPSA) is 26.0 Å². The van der Waals surface area contributed by atoms with Crippen molar-refractivity contribution < 1.29 is 0 Å². The third-order valence-electron chi connectivity index (χ3n) is 3.24. The van der Waals surface area contributed by atoms with Crippen molar-refractivity contribution in [3.8, 4) is 0 Å². The Morgan fingerprint density at radius 2 is 1.83 bits per heavy atom. The molecule has 1 rings (SSSR count). The Bertz CT molecular complexity index is 354. The van der Waals surface area contributed by atoms with Crippen LogP contribution in [-0.2, 0) is 0 Å². The van der Waals surface area contributed by atoms with Crippen molar-refractivity contribution in [3.05, 3.63) is 33.3 Å².